The fourth-order valence-corrected chi connectivity index (χ4v) is 4.97. The zero-order valence-corrected chi connectivity index (χ0v) is 20.9. The molecule has 9 nitrogen and oxygen atoms in total. The highest BCUT2D eigenvalue weighted by atomic mass is 79.9. The van der Waals surface area contributed by atoms with Crippen LogP contribution < -0.4 is 15.2 Å². The Kier molecular flexibility index (Phi) is 5.26. The second-order valence-corrected chi connectivity index (χ2v) is 9.08. The first-order valence-corrected chi connectivity index (χ1v) is 12.0. The summed E-state index contributed by atoms with van der Waals surface area (Å²) in [4.78, 5) is 34.0. The summed E-state index contributed by atoms with van der Waals surface area (Å²) >= 11 is 3.50. The zero-order chi connectivity index (χ0) is 25.0. The molecule has 0 bridgehead atoms. The molecule has 6 rings (SSSR count). The van der Waals surface area contributed by atoms with Gasteiger partial charge >= 0.3 is 11.8 Å². The predicted molar refractivity (Wildman–Crippen MR) is 135 cm³/mol. The molecule has 0 amide bonds. The predicted octanol–water partition coefficient (Wildman–Crippen LogP) is 5.11. The fourth-order valence-electron chi connectivity index (χ4n) is 4.71. The molecule has 0 N–H and O–H groups in total. The summed E-state index contributed by atoms with van der Waals surface area (Å²) in [7, 11) is 1.63. The quantitative estimate of drug-likeness (QED) is 0.304. The summed E-state index contributed by atoms with van der Waals surface area (Å²) in [6, 6.07) is 17.6. The molecule has 36 heavy (non-hydrogen) atoms. The van der Waals surface area contributed by atoms with E-state index < -0.39 is 17.7 Å². The summed E-state index contributed by atoms with van der Waals surface area (Å²) < 4.78 is 20.2. The Morgan fingerprint density at radius 3 is 2.61 bits per heavy atom. The van der Waals surface area contributed by atoms with Crippen LogP contribution in [0.25, 0.3) is 16.4 Å². The van der Waals surface area contributed by atoms with Crippen LogP contribution in [-0.4, -0.2) is 39.0 Å². The third-order valence-corrected chi connectivity index (χ3v) is 6.75. The minimum Gasteiger partial charge on any atom is -0.496 e. The van der Waals surface area contributed by atoms with Crippen LogP contribution in [0.15, 0.2) is 70.2 Å². The molecule has 1 atom stereocenters. The van der Waals surface area contributed by atoms with Gasteiger partial charge in [0, 0.05) is 26.7 Å². The zero-order valence-electron chi connectivity index (χ0n) is 19.3. The Morgan fingerprint density at radius 2 is 1.89 bits per heavy atom. The summed E-state index contributed by atoms with van der Waals surface area (Å²) in [6.45, 7) is 1.78. The van der Waals surface area contributed by atoms with Gasteiger partial charge in [0.25, 0.3) is 0 Å². The van der Waals surface area contributed by atoms with E-state index in [9.17, 15) is 9.59 Å². The first kappa shape index (κ1) is 22.3. The van der Waals surface area contributed by atoms with Crippen LogP contribution in [0.5, 0.6) is 17.4 Å². The van der Waals surface area contributed by atoms with E-state index in [1.165, 1.54) is 10.8 Å². The number of rotatable bonds is 3. The van der Waals surface area contributed by atoms with Crippen molar-refractivity contribution >= 4 is 38.4 Å². The van der Waals surface area contributed by atoms with Crippen molar-refractivity contribution in [3.63, 3.8) is 0 Å². The molecule has 1 aliphatic rings. The molecule has 3 heterocycles. The maximum Gasteiger partial charge on any atom is 0.438 e. The molecule has 180 valence electrons. The molecular weight excluding hydrogens is 528 g/mol. The first-order chi connectivity index (χ1) is 17.5. The lowest BCUT2D eigenvalue weighted by molar-refractivity contribution is 0.148. The van der Waals surface area contributed by atoms with Crippen LogP contribution in [0.1, 0.15) is 29.5 Å². The van der Waals surface area contributed by atoms with E-state index in [1.54, 1.807) is 14.0 Å². The average molecular weight is 547 g/mol. The van der Waals surface area contributed by atoms with E-state index in [0.717, 1.165) is 31.1 Å². The van der Waals surface area contributed by atoms with E-state index in [4.69, 9.17) is 14.2 Å². The van der Waals surface area contributed by atoms with Gasteiger partial charge in [-0.25, -0.2) is 19.1 Å². The van der Waals surface area contributed by atoms with Crippen LogP contribution in [-0.2, 0) is 4.74 Å². The topological polar surface area (TPSA) is 97.0 Å². The number of ether oxygens (including phenoxy) is 3. The number of hydrogen-bond acceptors (Lipinski definition) is 7. The lowest BCUT2D eigenvalue weighted by Crippen LogP contribution is -2.29. The molecule has 0 saturated heterocycles. The molecule has 10 heteroatoms. The SMILES string of the molecule is CCOC(=O)n1c(=O)nc2c3c(ncn21)Oc1c(cc(OC)c2ccccc12)C3c1ccc(Br)cc1. The number of benzene rings is 3. The lowest BCUT2D eigenvalue weighted by atomic mass is 9.82. The largest absolute Gasteiger partial charge is 0.496 e. The normalized spacial score (nSPS) is 14.2. The number of fused-ring (bicyclic) bond motifs is 6. The average Bonchev–Trinajstić information content (AvgIpc) is 3.23. The smallest absolute Gasteiger partial charge is 0.438 e. The number of aromatic nitrogens is 4. The van der Waals surface area contributed by atoms with Crippen molar-refractivity contribution in [2.75, 3.05) is 13.7 Å². The van der Waals surface area contributed by atoms with Crippen LogP contribution >= 0.6 is 15.9 Å². The molecule has 0 aliphatic carbocycles. The summed E-state index contributed by atoms with van der Waals surface area (Å²) in [5, 5.41) is 1.77. The highest BCUT2D eigenvalue weighted by Gasteiger charge is 2.36. The lowest BCUT2D eigenvalue weighted by Gasteiger charge is -2.29. The van der Waals surface area contributed by atoms with Gasteiger partial charge in [-0.2, -0.15) is 4.98 Å². The van der Waals surface area contributed by atoms with Crippen molar-refractivity contribution in [1.82, 2.24) is 19.2 Å². The highest BCUT2D eigenvalue weighted by molar-refractivity contribution is 9.10. The fraction of sp³-hybridized carbons (Fsp3) is 0.154. The maximum atomic E-state index is 12.8. The summed E-state index contributed by atoms with van der Waals surface area (Å²) in [5.41, 5.74) is 1.80. The van der Waals surface area contributed by atoms with E-state index in [1.807, 2.05) is 54.6 Å². The van der Waals surface area contributed by atoms with Crippen molar-refractivity contribution in [3.8, 4) is 17.4 Å². The van der Waals surface area contributed by atoms with Crippen molar-refractivity contribution in [2.24, 2.45) is 0 Å². The molecular formula is C26H19BrN4O5. The number of carbonyl (C=O) groups excluding carboxylic acids is 1. The third-order valence-electron chi connectivity index (χ3n) is 6.22. The van der Waals surface area contributed by atoms with Crippen molar-refractivity contribution in [2.45, 2.75) is 12.8 Å². The van der Waals surface area contributed by atoms with Crippen LogP contribution in [0.3, 0.4) is 0 Å². The van der Waals surface area contributed by atoms with Crippen molar-refractivity contribution in [1.29, 1.82) is 0 Å². The minimum atomic E-state index is -0.832. The standard InChI is InChI=1S/C26H19BrN4O5/c1-3-35-26(33)31-25(32)29-23-21-20(14-8-10-15(27)11-9-14)18-12-19(34-2)16-6-4-5-7-17(16)22(18)36-24(21)28-13-30(23)31/h4-13,20H,3H2,1-2H3. The number of nitrogens with zero attached hydrogens (tertiary/aromatic N) is 4. The molecule has 0 radical (unpaired) electrons. The van der Waals surface area contributed by atoms with Gasteiger partial charge in [0.05, 0.1) is 19.3 Å². The molecule has 3 aromatic carbocycles. The molecule has 5 aromatic rings. The van der Waals surface area contributed by atoms with Gasteiger partial charge < -0.3 is 14.2 Å². The maximum absolute atomic E-state index is 12.8. The van der Waals surface area contributed by atoms with Gasteiger partial charge in [0.1, 0.15) is 17.8 Å². The molecule has 0 spiro atoms. The first-order valence-electron chi connectivity index (χ1n) is 11.2. The van der Waals surface area contributed by atoms with Crippen LogP contribution in [0, 0.1) is 0 Å². The van der Waals surface area contributed by atoms with Gasteiger partial charge in [-0.15, -0.1) is 4.68 Å². The highest BCUT2D eigenvalue weighted by Crippen LogP contribution is 2.52. The van der Waals surface area contributed by atoms with E-state index >= 15 is 0 Å². The minimum absolute atomic E-state index is 0.113. The second-order valence-electron chi connectivity index (χ2n) is 8.17. The third kappa shape index (κ3) is 3.29. The number of carbonyl (C=O) groups is 1. The molecule has 0 fully saturated rings. The van der Waals surface area contributed by atoms with Crippen LogP contribution in [0.4, 0.5) is 4.79 Å². The number of hydrogen-bond donors (Lipinski definition) is 0. The molecule has 0 saturated carbocycles. The van der Waals surface area contributed by atoms with E-state index in [-0.39, 0.29) is 12.3 Å². The Labute approximate surface area is 213 Å². The van der Waals surface area contributed by atoms with Gasteiger partial charge in [-0.3, -0.25) is 0 Å². The Morgan fingerprint density at radius 1 is 1.14 bits per heavy atom. The van der Waals surface area contributed by atoms with E-state index in [2.05, 4.69) is 25.9 Å². The van der Waals surface area contributed by atoms with Crippen LogP contribution in [0.2, 0.25) is 0 Å². The Balaban J connectivity index is 1.70. The summed E-state index contributed by atoms with van der Waals surface area (Å²) in [5.74, 6) is 1.23. The Hall–Kier alpha value is -4.18. The van der Waals surface area contributed by atoms with Gasteiger partial charge in [-0.1, -0.05) is 52.3 Å². The molecule has 2 aromatic heterocycles. The number of methoxy groups -OCH3 is 1. The van der Waals surface area contributed by atoms with Gasteiger partial charge in [-0.05, 0) is 30.7 Å². The van der Waals surface area contributed by atoms with Gasteiger partial charge in [0.15, 0.2) is 5.65 Å². The monoisotopic (exact) mass is 546 g/mol. The van der Waals surface area contributed by atoms with E-state index in [0.29, 0.717) is 22.9 Å². The van der Waals surface area contributed by atoms with Crippen molar-refractivity contribution in [3.05, 3.63) is 92.6 Å². The van der Waals surface area contributed by atoms with Crippen molar-refractivity contribution < 1.29 is 19.0 Å². The van der Waals surface area contributed by atoms with Gasteiger partial charge in [0.2, 0.25) is 5.88 Å². The summed E-state index contributed by atoms with van der Waals surface area (Å²) in [6.07, 6.45) is 0.510. The Bertz CT molecular complexity index is 1730. The second kappa shape index (κ2) is 8.49. The molecule has 1 unspecified atom stereocenters. The number of halogens is 1. The molecule has 1 aliphatic heterocycles.